The molecule has 1 atom stereocenters. The van der Waals surface area contributed by atoms with Gasteiger partial charge in [0.2, 0.25) is 5.91 Å². The van der Waals surface area contributed by atoms with Gasteiger partial charge in [-0.1, -0.05) is 19.1 Å². The Morgan fingerprint density at radius 2 is 2.00 bits per heavy atom. The molecule has 2 heterocycles. The molecule has 24 heavy (non-hydrogen) atoms. The van der Waals surface area contributed by atoms with E-state index in [-0.39, 0.29) is 17.5 Å². The number of hydrogen-bond donors (Lipinski definition) is 1. The molecule has 1 fully saturated rings. The zero-order valence-corrected chi connectivity index (χ0v) is 13.3. The zero-order chi connectivity index (χ0) is 17.1. The summed E-state index contributed by atoms with van der Waals surface area (Å²) in [5, 5.41) is 2.88. The van der Waals surface area contributed by atoms with Crippen LogP contribution in [0.4, 0.5) is 14.6 Å². The minimum absolute atomic E-state index is 0.0591. The number of aromatic nitrogens is 2. The maximum absolute atomic E-state index is 14.2. The van der Waals surface area contributed by atoms with Crippen LogP contribution in [0.2, 0.25) is 0 Å². The fraction of sp³-hybridized carbons (Fsp3) is 0.353. The molecule has 1 aromatic heterocycles. The first kappa shape index (κ1) is 16.3. The van der Waals surface area contributed by atoms with Gasteiger partial charge in [0.15, 0.2) is 11.6 Å². The monoisotopic (exact) mass is 332 g/mol. The molecule has 0 bridgehead atoms. The topological polar surface area (TPSA) is 58.1 Å². The normalized spacial score (nSPS) is 17.4. The van der Waals surface area contributed by atoms with Gasteiger partial charge in [-0.25, -0.2) is 18.7 Å². The van der Waals surface area contributed by atoms with Crippen LogP contribution in [0.15, 0.2) is 30.6 Å². The van der Waals surface area contributed by atoms with Crippen LogP contribution in [0.25, 0.3) is 0 Å². The number of likely N-dealkylation sites (tertiary alicyclic amines) is 1. The van der Waals surface area contributed by atoms with Crippen LogP contribution in [0, 0.1) is 11.6 Å². The second-order valence-electron chi connectivity index (χ2n) is 5.71. The number of hydrogen-bond acceptors (Lipinski definition) is 4. The Bertz CT molecular complexity index is 736. The molecule has 3 rings (SSSR count). The van der Waals surface area contributed by atoms with Crippen molar-refractivity contribution in [3.8, 4) is 0 Å². The summed E-state index contributed by atoms with van der Waals surface area (Å²) in [7, 11) is 0. The molecule has 2 aromatic rings. The number of benzene rings is 1. The van der Waals surface area contributed by atoms with Crippen LogP contribution >= 0.6 is 0 Å². The van der Waals surface area contributed by atoms with Crippen molar-refractivity contribution < 1.29 is 13.6 Å². The van der Waals surface area contributed by atoms with E-state index in [0.717, 1.165) is 5.56 Å². The van der Waals surface area contributed by atoms with Crippen LogP contribution in [0.3, 0.4) is 0 Å². The molecule has 1 amide bonds. The van der Waals surface area contributed by atoms with Crippen LogP contribution in [0.5, 0.6) is 0 Å². The Kier molecular flexibility index (Phi) is 4.69. The maximum atomic E-state index is 14.2. The number of aryl methyl sites for hydroxylation is 1. The van der Waals surface area contributed by atoms with Gasteiger partial charge in [0.05, 0.1) is 5.69 Å². The molecule has 5 nitrogen and oxygen atoms in total. The number of anilines is 1. The minimum atomic E-state index is -0.514. The number of carbonyl (C=O) groups excluding carboxylic acids is 1. The summed E-state index contributed by atoms with van der Waals surface area (Å²) in [6.07, 6.45) is 2.31. The van der Waals surface area contributed by atoms with Gasteiger partial charge in [0, 0.05) is 13.1 Å². The van der Waals surface area contributed by atoms with Gasteiger partial charge in [-0.05, 0) is 30.5 Å². The molecule has 1 N–H and O–H groups in total. The molecule has 0 saturated carbocycles. The highest BCUT2D eigenvalue weighted by molar-refractivity contribution is 5.86. The maximum Gasteiger partial charge on any atom is 0.245 e. The third kappa shape index (κ3) is 3.34. The van der Waals surface area contributed by atoms with E-state index in [9.17, 15) is 13.6 Å². The molecule has 126 valence electrons. The Hall–Kier alpha value is -2.57. The van der Waals surface area contributed by atoms with Crippen LogP contribution in [0.1, 0.15) is 24.6 Å². The Morgan fingerprint density at radius 3 is 2.71 bits per heavy atom. The van der Waals surface area contributed by atoms with Gasteiger partial charge in [-0.3, -0.25) is 4.79 Å². The summed E-state index contributed by atoms with van der Waals surface area (Å²) >= 11 is 0. The first-order chi connectivity index (χ1) is 11.6. The van der Waals surface area contributed by atoms with E-state index in [0.29, 0.717) is 31.6 Å². The van der Waals surface area contributed by atoms with E-state index >= 15 is 0 Å². The Balaban J connectivity index is 1.67. The Morgan fingerprint density at radius 1 is 1.25 bits per heavy atom. The van der Waals surface area contributed by atoms with Gasteiger partial charge < -0.3 is 10.2 Å². The summed E-state index contributed by atoms with van der Waals surface area (Å²) in [4.78, 5) is 21.9. The molecule has 1 aromatic carbocycles. The van der Waals surface area contributed by atoms with E-state index < -0.39 is 11.9 Å². The average molecular weight is 332 g/mol. The summed E-state index contributed by atoms with van der Waals surface area (Å²) < 4.78 is 27.1. The highest BCUT2D eigenvalue weighted by Gasteiger charge is 2.32. The number of carbonyl (C=O) groups is 1. The van der Waals surface area contributed by atoms with Crippen molar-refractivity contribution in [3.05, 3.63) is 53.5 Å². The molecular formula is C17H18F2N4O. The number of nitrogens with one attached hydrogen (secondary N) is 1. The van der Waals surface area contributed by atoms with Crippen molar-refractivity contribution in [2.75, 3.05) is 11.9 Å². The highest BCUT2D eigenvalue weighted by Crippen LogP contribution is 2.21. The number of nitrogens with zero attached hydrogens (tertiary/aromatic N) is 3. The van der Waals surface area contributed by atoms with Crippen molar-refractivity contribution in [1.29, 1.82) is 0 Å². The number of rotatable bonds is 5. The lowest BCUT2D eigenvalue weighted by molar-refractivity contribution is -0.128. The minimum Gasteiger partial charge on any atom is -0.356 e. The van der Waals surface area contributed by atoms with Crippen LogP contribution < -0.4 is 5.32 Å². The second-order valence-corrected chi connectivity index (χ2v) is 5.71. The molecule has 0 spiro atoms. The average Bonchev–Trinajstić information content (AvgIpc) is 2.92. The zero-order valence-electron chi connectivity index (χ0n) is 13.3. The molecule has 1 aliphatic heterocycles. The lowest BCUT2D eigenvalue weighted by Gasteiger charge is -2.18. The van der Waals surface area contributed by atoms with Crippen LogP contribution in [-0.4, -0.2) is 33.4 Å². The van der Waals surface area contributed by atoms with Crippen molar-refractivity contribution in [1.82, 2.24) is 14.9 Å². The third-order valence-electron chi connectivity index (χ3n) is 4.09. The predicted molar refractivity (Wildman–Crippen MR) is 85.2 cm³/mol. The lowest BCUT2D eigenvalue weighted by atomic mass is 10.2. The summed E-state index contributed by atoms with van der Waals surface area (Å²) in [6, 6.07) is 5.53. The van der Waals surface area contributed by atoms with E-state index in [4.69, 9.17) is 0 Å². The summed E-state index contributed by atoms with van der Waals surface area (Å²) in [5.41, 5.74) is 1.17. The highest BCUT2D eigenvalue weighted by atomic mass is 19.1. The third-order valence-corrected chi connectivity index (χ3v) is 4.09. The van der Waals surface area contributed by atoms with E-state index in [1.807, 2.05) is 0 Å². The van der Waals surface area contributed by atoms with Crippen molar-refractivity contribution in [2.24, 2.45) is 0 Å². The van der Waals surface area contributed by atoms with Crippen molar-refractivity contribution in [3.63, 3.8) is 0 Å². The van der Waals surface area contributed by atoms with Gasteiger partial charge in [-0.2, -0.15) is 0 Å². The fourth-order valence-electron chi connectivity index (χ4n) is 2.76. The Labute approximate surface area is 138 Å². The number of amides is 1. The molecule has 0 radical (unpaired) electrons. The first-order valence-corrected chi connectivity index (χ1v) is 7.87. The smallest absolute Gasteiger partial charge is 0.245 e. The molecule has 1 unspecified atom stereocenters. The quantitative estimate of drug-likeness (QED) is 0.914. The van der Waals surface area contributed by atoms with Gasteiger partial charge in [0.25, 0.3) is 0 Å². The SMILES string of the molecule is CCc1ncnc(NC2CCN(Cc3ccc(F)cc3)C2=O)c1F. The molecule has 7 heteroatoms. The molecule has 0 aliphatic carbocycles. The largest absolute Gasteiger partial charge is 0.356 e. The molecule has 1 aliphatic rings. The van der Waals surface area contributed by atoms with Gasteiger partial charge in [-0.15, -0.1) is 0 Å². The van der Waals surface area contributed by atoms with Crippen LogP contribution in [-0.2, 0) is 17.8 Å². The van der Waals surface area contributed by atoms with E-state index in [2.05, 4.69) is 15.3 Å². The summed E-state index contributed by atoms with van der Waals surface area (Å²) in [6.45, 7) is 2.77. The van der Waals surface area contributed by atoms with Crippen molar-refractivity contribution in [2.45, 2.75) is 32.4 Å². The lowest BCUT2D eigenvalue weighted by Crippen LogP contribution is -2.33. The van der Waals surface area contributed by atoms with Gasteiger partial charge in [0.1, 0.15) is 18.2 Å². The first-order valence-electron chi connectivity index (χ1n) is 7.87. The standard InChI is InChI=1S/C17H18F2N4O/c1-2-13-15(19)16(21-10-20-13)22-14-7-8-23(17(14)24)9-11-3-5-12(18)6-4-11/h3-6,10,14H,2,7-9H2,1H3,(H,20,21,22). The predicted octanol–water partition coefficient (Wildman–Crippen LogP) is 2.53. The number of halogens is 2. The summed E-state index contributed by atoms with van der Waals surface area (Å²) in [5.74, 6) is -0.874. The molecular weight excluding hydrogens is 314 g/mol. The second kappa shape index (κ2) is 6.90. The van der Waals surface area contributed by atoms with E-state index in [1.165, 1.54) is 18.5 Å². The van der Waals surface area contributed by atoms with E-state index in [1.54, 1.807) is 24.0 Å². The molecule has 1 saturated heterocycles. The van der Waals surface area contributed by atoms with Crippen molar-refractivity contribution >= 4 is 11.7 Å². The van der Waals surface area contributed by atoms with Gasteiger partial charge >= 0.3 is 0 Å². The fourth-order valence-corrected chi connectivity index (χ4v) is 2.76.